The highest BCUT2D eigenvalue weighted by Crippen LogP contribution is 2.22. The molecule has 0 saturated heterocycles. The molecule has 0 bridgehead atoms. The average molecular weight is 244 g/mol. The van der Waals surface area contributed by atoms with E-state index in [1.807, 2.05) is 0 Å². The fourth-order valence-corrected chi connectivity index (χ4v) is 1.81. The minimum Gasteiger partial charge on any atom is -0.393 e. The van der Waals surface area contributed by atoms with E-state index >= 15 is 0 Å². The molecule has 0 spiro atoms. The van der Waals surface area contributed by atoms with Gasteiger partial charge < -0.3 is 15.2 Å². The predicted octanol–water partition coefficient (Wildman–Crippen LogP) is 0.151. The summed E-state index contributed by atoms with van der Waals surface area (Å²) in [6, 6.07) is -0.537. The van der Waals surface area contributed by atoms with Crippen LogP contribution in [0.4, 0.5) is 4.79 Å². The topological polar surface area (TPSA) is 87.7 Å². The third-order valence-electron chi connectivity index (χ3n) is 2.87. The van der Waals surface area contributed by atoms with Gasteiger partial charge in [-0.15, -0.1) is 0 Å². The summed E-state index contributed by atoms with van der Waals surface area (Å²) < 4.78 is 5.54. The van der Waals surface area contributed by atoms with E-state index in [4.69, 9.17) is 4.74 Å². The Hall–Kier alpha value is -1.14. The van der Waals surface area contributed by atoms with E-state index in [-0.39, 0.29) is 12.2 Å². The highest BCUT2D eigenvalue weighted by atomic mass is 16.5. The van der Waals surface area contributed by atoms with Crippen LogP contribution in [0.1, 0.15) is 32.6 Å². The molecule has 0 aliphatic heterocycles. The van der Waals surface area contributed by atoms with Crippen molar-refractivity contribution in [3.63, 3.8) is 0 Å². The van der Waals surface area contributed by atoms with Crippen LogP contribution in [0.15, 0.2) is 0 Å². The molecule has 17 heavy (non-hydrogen) atoms. The molecule has 1 aliphatic carbocycles. The first kappa shape index (κ1) is 13.9. The summed E-state index contributed by atoms with van der Waals surface area (Å²) in [5.74, 6) is -0.449. The van der Waals surface area contributed by atoms with Gasteiger partial charge in [-0.25, -0.2) is 4.79 Å². The van der Waals surface area contributed by atoms with Crippen molar-refractivity contribution in [3.05, 3.63) is 0 Å². The Balaban J connectivity index is 2.30. The first-order valence-electron chi connectivity index (χ1n) is 5.89. The van der Waals surface area contributed by atoms with E-state index in [0.717, 1.165) is 12.8 Å². The molecule has 0 radical (unpaired) electrons. The Labute approximate surface area is 101 Å². The Morgan fingerprint density at radius 1 is 1.29 bits per heavy atom. The number of ether oxygens (including phenoxy) is 1. The third-order valence-corrected chi connectivity index (χ3v) is 2.87. The Morgan fingerprint density at radius 2 is 1.88 bits per heavy atom. The fraction of sp³-hybridized carbons (Fsp3) is 0.818. The van der Waals surface area contributed by atoms with Crippen LogP contribution in [0.2, 0.25) is 0 Å². The van der Waals surface area contributed by atoms with Gasteiger partial charge in [-0.1, -0.05) is 0 Å². The molecule has 1 aliphatic rings. The van der Waals surface area contributed by atoms with Crippen LogP contribution in [0.3, 0.4) is 0 Å². The molecule has 0 aromatic rings. The van der Waals surface area contributed by atoms with Crippen molar-refractivity contribution < 1.29 is 19.4 Å². The van der Waals surface area contributed by atoms with Gasteiger partial charge in [-0.2, -0.15) is 0 Å². The van der Waals surface area contributed by atoms with Gasteiger partial charge in [0.05, 0.1) is 12.2 Å². The summed E-state index contributed by atoms with van der Waals surface area (Å²) in [7, 11) is 1.44. The first-order valence-corrected chi connectivity index (χ1v) is 5.89. The zero-order valence-corrected chi connectivity index (χ0v) is 10.2. The molecule has 1 saturated carbocycles. The standard InChI is InChI=1S/C11H20N2O4/c1-7(10(15)13-11(16)12-2)17-9-5-3-8(14)4-6-9/h7-9,14H,3-6H2,1-2H3,(H2,12,13,15,16). The number of hydrogen-bond acceptors (Lipinski definition) is 4. The van der Waals surface area contributed by atoms with Crippen molar-refractivity contribution in [2.24, 2.45) is 0 Å². The van der Waals surface area contributed by atoms with Crippen molar-refractivity contribution in [2.75, 3.05) is 7.05 Å². The number of carbonyl (C=O) groups excluding carboxylic acids is 2. The quantitative estimate of drug-likeness (QED) is 0.659. The van der Waals surface area contributed by atoms with Gasteiger partial charge in [0, 0.05) is 7.05 Å². The van der Waals surface area contributed by atoms with Gasteiger partial charge in [0.2, 0.25) is 0 Å². The van der Waals surface area contributed by atoms with Crippen LogP contribution in [0, 0.1) is 0 Å². The SMILES string of the molecule is CNC(=O)NC(=O)C(C)OC1CCC(O)CC1. The molecule has 0 heterocycles. The monoisotopic (exact) mass is 244 g/mol. The summed E-state index contributed by atoms with van der Waals surface area (Å²) in [5.41, 5.74) is 0. The number of imide groups is 1. The van der Waals surface area contributed by atoms with Crippen molar-refractivity contribution in [3.8, 4) is 0 Å². The van der Waals surface area contributed by atoms with Crippen LogP contribution in [0.5, 0.6) is 0 Å². The van der Waals surface area contributed by atoms with Gasteiger partial charge >= 0.3 is 6.03 Å². The number of hydrogen-bond donors (Lipinski definition) is 3. The fourth-order valence-electron chi connectivity index (χ4n) is 1.81. The number of aliphatic hydroxyl groups is 1. The second-order valence-corrected chi connectivity index (χ2v) is 4.28. The molecule has 1 unspecified atom stereocenters. The highest BCUT2D eigenvalue weighted by Gasteiger charge is 2.24. The maximum atomic E-state index is 11.5. The van der Waals surface area contributed by atoms with E-state index in [1.54, 1.807) is 6.92 Å². The second-order valence-electron chi connectivity index (χ2n) is 4.28. The maximum absolute atomic E-state index is 11.5. The molecule has 0 aromatic carbocycles. The largest absolute Gasteiger partial charge is 0.393 e. The van der Waals surface area contributed by atoms with Crippen LogP contribution < -0.4 is 10.6 Å². The Bertz CT molecular complexity index is 275. The number of rotatable bonds is 3. The average Bonchev–Trinajstić information content (AvgIpc) is 2.31. The van der Waals surface area contributed by atoms with E-state index < -0.39 is 18.0 Å². The molecule has 6 nitrogen and oxygen atoms in total. The summed E-state index contributed by atoms with van der Waals surface area (Å²) in [5, 5.41) is 13.8. The number of carbonyl (C=O) groups is 2. The summed E-state index contributed by atoms with van der Waals surface area (Å²) in [6.45, 7) is 1.61. The summed E-state index contributed by atoms with van der Waals surface area (Å²) in [6.07, 6.45) is 1.99. The summed E-state index contributed by atoms with van der Waals surface area (Å²) in [4.78, 5) is 22.4. The lowest BCUT2D eigenvalue weighted by Gasteiger charge is -2.27. The second kappa shape index (κ2) is 6.56. The molecular formula is C11H20N2O4. The molecule has 0 aromatic heterocycles. The van der Waals surface area contributed by atoms with Crippen molar-refractivity contribution >= 4 is 11.9 Å². The highest BCUT2D eigenvalue weighted by molar-refractivity contribution is 5.96. The van der Waals surface area contributed by atoms with E-state index in [1.165, 1.54) is 7.05 Å². The van der Waals surface area contributed by atoms with Crippen molar-refractivity contribution in [2.45, 2.75) is 50.9 Å². The third kappa shape index (κ3) is 4.70. The minimum absolute atomic E-state index is 0.0103. The zero-order chi connectivity index (χ0) is 12.8. The van der Waals surface area contributed by atoms with Gasteiger partial charge in [-0.05, 0) is 32.6 Å². The van der Waals surface area contributed by atoms with Gasteiger partial charge in [0.1, 0.15) is 6.10 Å². The van der Waals surface area contributed by atoms with E-state index in [9.17, 15) is 14.7 Å². The van der Waals surface area contributed by atoms with Gasteiger partial charge in [-0.3, -0.25) is 10.1 Å². The molecular weight excluding hydrogens is 224 g/mol. The number of amides is 3. The lowest BCUT2D eigenvalue weighted by atomic mass is 9.95. The first-order chi connectivity index (χ1) is 8.02. The molecule has 1 fully saturated rings. The lowest BCUT2D eigenvalue weighted by Crippen LogP contribution is -2.44. The summed E-state index contributed by atoms with van der Waals surface area (Å²) >= 11 is 0. The molecule has 1 rings (SSSR count). The number of aliphatic hydroxyl groups excluding tert-OH is 1. The normalized spacial score (nSPS) is 26.1. The van der Waals surface area contributed by atoms with Crippen LogP contribution >= 0.6 is 0 Å². The Morgan fingerprint density at radius 3 is 2.41 bits per heavy atom. The molecule has 1 atom stereocenters. The van der Waals surface area contributed by atoms with Crippen LogP contribution in [0.25, 0.3) is 0 Å². The molecule has 6 heteroatoms. The Kier molecular flexibility index (Phi) is 5.37. The maximum Gasteiger partial charge on any atom is 0.321 e. The minimum atomic E-state index is -0.660. The van der Waals surface area contributed by atoms with Gasteiger partial charge in [0.25, 0.3) is 5.91 Å². The molecule has 3 amide bonds. The molecule has 98 valence electrons. The predicted molar refractivity (Wildman–Crippen MR) is 61.4 cm³/mol. The number of urea groups is 1. The van der Waals surface area contributed by atoms with Crippen molar-refractivity contribution in [1.82, 2.24) is 10.6 Å². The van der Waals surface area contributed by atoms with E-state index in [2.05, 4.69) is 10.6 Å². The van der Waals surface area contributed by atoms with Crippen LogP contribution in [-0.4, -0.2) is 42.4 Å². The van der Waals surface area contributed by atoms with Crippen molar-refractivity contribution in [1.29, 1.82) is 0 Å². The van der Waals surface area contributed by atoms with E-state index in [0.29, 0.717) is 12.8 Å². The zero-order valence-electron chi connectivity index (χ0n) is 10.2. The number of nitrogens with one attached hydrogen (secondary N) is 2. The molecule has 3 N–H and O–H groups in total. The smallest absolute Gasteiger partial charge is 0.321 e. The lowest BCUT2D eigenvalue weighted by molar-refractivity contribution is -0.136. The van der Waals surface area contributed by atoms with Crippen LogP contribution in [-0.2, 0) is 9.53 Å². The van der Waals surface area contributed by atoms with Gasteiger partial charge in [0.15, 0.2) is 0 Å².